The summed E-state index contributed by atoms with van der Waals surface area (Å²) in [7, 11) is 0. The fourth-order valence-electron chi connectivity index (χ4n) is 2.71. The normalized spacial score (nSPS) is 21.2. The van der Waals surface area contributed by atoms with Crippen molar-refractivity contribution in [3.8, 4) is 5.88 Å². The van der Waals surface area contributed by atoms with Crippen molar-refractivity contribution in [3.05, 3.63) is 52.9 Å². The van der Waals surface area contributed by atoms with Gasteiger partial charge in [0.05, 0.1) is 0 Å². The minimum Gasteiger partial charge on any atom is -0.474 e. The Morgan fingerprint density at radius 1 is 1.22 bits per heavy atom. The second kappa shape index (κ2) is 7.92. The van der Waals surface area contributed by atoms with E-state index in [0.717, 1.165) is 30.6 Å². The first-order valence-corrected chi connectivity index (χ1v) is 8.77. The van der Waals surface area contributed by atoms with Gasteiger partial charge in [-0.15, -0.1) is 11.3 Å². The third-order valence-electron chi connectivity index (χ3n) is 3.89. The highest BCUT2D eigenvalue weighted by atomic mass is 32.1. The predicted octanol–water partition coefficient (Wildman–Crippen LogP) is 3.66. The number of pyridine rings is 1. The fraction of sp³-hybridized carbons (Fsp3) is 0.333. The quantitative estimate of drug-likeness (QED) is 0.852. The molecule has 0 spiro atoms. The number of amides is 1. The van der Waals surface area contributed by atoms with Crippen LogP contribution in [0.25, 0.3) is 6.08 Å². The summed E-state index contributed by atoms with van der Waals surface area (Å²) in [4.78, 5) is 17.2. The van der Waals surface area contributed by atoms with Crippen LogP contribution in [-0.2, 0) is 4.79 Å². The molecule has 0 saturated heterocycles. The molecule has 3 rings (SSSR count). The van der Waals surface area contributed by atoms with Gasteiger partial charge in [-0.3, -0.25) is 4.79 Å². The van der Waals surface area contributed by atoms with E-state index in [-0.39, 0.29) is 18.1 Å². The maximum atomic E-state index is 11.9. The van der Waals surface area contributed by atoms with Gasteiger partial charge in [0.25, 0.3) is 0 Å². The molecule has 1 aliphatic rings. The van der Waals surface area contributed by atoms with E-state index >= 15 is 0 Å². The maximum absolute atomic E-state index is 11.9. The zero-order valence-electron chi connectivity index (χ0n) is 12.9. The van der Waals surface area contributed by atoms with Gasteiger partial charge in [-0.25, -0.2) is 4.98 Å². The lowest BCUT2D eigenvalue weighted by Gasteiger charge is -2.28. The lowest BCUT2D eigenvalue weighted by Crippen LogP contribution is -2.39. The standard InChI is InChI=1S/C18H20N2O2S/c21-17(11-10-16-4-3-13-23-16)20-14-6-8-15(9-7-14)22-18-5-1-2-12-19-18/h1-5,10-15H,6-9H2,(H,20,21)/b11-10+. The van der Waals surface area contributed by atoms with Crippen molar-refractivity contribution >= 4 is 23.3 Å². The number of carbonyl (C=O) groups excluding carboxylic acids is 1. The van der Waals surface area contributed by atoms with Crippen LogP contribution in [0.2, 0.25) is 0 Å². The number of carbonyl (C=O) groups is 1. The summed E-state index contributed by atoms with van der Waals surface area (Å²) in [5, 5.41) is 5.07. The van der Waals surface area contributed by atoms with Gasteiger partial charge < -0.3 is 10.1 Å². The lowest BCUT2D eigenvalue weighted by molar-refractivity contribution is -0.117. The van der Waals surface area contributed by atoms with Crippen molar-refractivity contribution < 1.29 is 9.53 Å². The zero-order valence-corrected chi connectivity index (χ0v) is 13.7. The number of aromatic nitrogens is 1. The van der Waals surface area contributed by atoms with E-state index in [1.165, 1.54) is 0 Å². The van der Waals surface area contributed by atoms with Crippen LogP contribution in [0.4, 0.5) is 0 Å². The van der Waals surface area contributed by atoms with Crippen LogP contribution in [0.5, 0.6) is 5.88 Å². The third kappa shape index (κ3) is 4.93. The second-order valence-corrected chi connectivity index (χ2v) is 6.60. The van der Waals surface area contributed by atoms with E-state index in [2.05, 4.69) is 10.3 Å². The van der Waals surface area contributed by atoms with Gasteiger partial charge in [-0.2, -0.15) is 0 Å². The van der Waals surface area contributed by atoms with Crippen molar-refractivity contribution in [2.75, 3.05) is 0 Å². The van der Waals surface area contributed by atoms with Gasteiger partial charge >= 0.3 is 0 Å². The van der Waals surface area contributed by atoms with Crippen LogP contribution in [0.3, 0.4) is 0 Å². The highest BCUT2D eigenvalue weighted by Gasteiger charge is 2.23. The first-order valence-electron chi connectivity index (χ1n) is 7.89. The maximum Gasteiger partial charge on any atom is 0.244 e. The van der Waals surface area contributed by atoms with Crippen LogP contribution in [0, 0.1) is 0 Å². The van der Waals surface area contributed by atoms with Crippen molar-refractivity contribution in [3.63, 3.8) is 0 Å². The van der Waals surface area contributed by atoms with Gasteiger partial charge in [0.1, 0.15) is 6.10 Å². The summed E-state index contributed by atoms with van der Waals surface area (Å²) >= 11 is 1.62. The molecule has 2 heterocycles. The summed E-state index contributed by atoms with van der Waals surface area (Å²) in [5.74, 6) is 0.659. The van der Waals surface area contributed by atoms with E-state index in [4.69, 9.17) is 4.74 Å². The molecule has 4 nitrogen and oxygen atoms in total. The van der Waals surface area contributed by atoms with Crippen LogP contribution in [0.1, 0.15) is 30.6 Å². The van der Waals surface area contributed by atoms with E-state index in [1.54, 1.807) is 23.6 Å². The molecule has 2 aromatic rings. The van der Waals surface area contributed by atoms with E-state index in [1.807, 2.05) is 41.8 Å². The summed E-state index contributed by atoms with van der Waals surface area (Å²) < 4.78 is 5.87. The number of nitrogens with zero attached hydrogens (tertiary/aromatic N) is 1. The number of ether oxygens (including phenoxy) is 1. The third-order valence-corrected chi connectivity index (χ3v) is 4.73. The molecule has 1 amide bonds. The van der Waals surface area contributed by atoms with Crippen LogP contribution in [-0.4, -0.2) is 23.0 Å². The Balaban J connectivity index is 1.41. The zero-order chi connectivity index (χ0) is 15.9. The number of hydrogen-bond acceptors (Lipinski definition) is 4. The Morgan fingerprint density at radius 2 is 2.09 bits per heavy atom. The topological polar surface area (TPSA) is 51.2 Å². The Morgan fingerprint density at radius 3 is 2.78 bits per heavy atom. The van der Waals surface area contributed by atoms with Gasteiger partial charge in [0.2, 0.25) is 11.8 Å². The van der Waals surface area contributed by atoms with E-state index < -0.39 is 0 Å². The highest BCUT2D eigenvalue weighted by molar-refractivity contribution is 7.10. The first kappa shape index (κ1) is 15.7. The number of hydrogen-bond donors (Lipinski definition) is 1. The van der Waals surface area contributed by atoms with Crippen molar-refractivity contribution in [1.82, 2.24) is 10.3 Å². The molecule has 5 heteroatoms. The molecule has 1 saturated carbocycles. The molecule has 0 unspecified atom stereocenters. The number of rotatable bonds is 5. The first-order chi connectivity index (χ1) is 11.3. The number of thiophene rings is 1. The highest BCUT2D eigenvalue weighted by Crippen LogP contribution is 2.22. The molecule has 23 heavy (non-hydrogen) atoms. The van der Waals surface area contributed by atoms with Crippen LogP contribution >= 0.6 is 11.3 Å². The monoisotopic (exact) mass is 328 g/mol. The van der Waals surface area contributed by atoms with Gasteiger partial charge in [-0.1, -0.05) is 12.1 Å². The molecule has 2 aromatic heterocycles. The molecule has 0 atom stereocenters. The van der Waals surface area contributed by atoms with E-state index in [0.29, 0.717) is 5.88 Å². The molecule has 0 radical (unpaired) electrons. The summed E-state index contributed by atoms with van der Waals surface area (Å²) in [6, 6.07) is 9.89. The van der Waals surface area contributed by atoms with Crippen molar-refractivity contribution in [1.29, 1.82) is 0 Å². The minimum atomic E-state index is -0.0208. The molecule has 0 aliphatic heterocycles. The molecule has 0 bridgehead atoms. The number of nitrogens with one attached hydrogen (secondary N) is 1. The van der Waals surface area contributed by atoms with E-state index in [9.17, 15) is 4.79 Å². The molecule has 1 N–H and O–H groups in total. The van der Waals surface area contributed by atoms with Crippen LogP contribution in [0.15, 0.2) is 48.0 Å². The van der Waals surface area contributed by atoms with Gasteiger partial charge in [0.15, 0.2) is 0 Å². The molecule has 0 aromatic carbocycles. The Labute approximate surface area is 140 Å². The Kier molecular flexibility index (Phi) is 5.42. The molecule has 120 valence electrons. The average molecular weight is 328 g/mol. The minimum absolute atomic E-state index is 0.0208. The van der Waals surface area contributed by atoms with Gasteiger partial charge in [0, 0.05) is 29.3 Å². The fourth-order valence-corrected chi connectivity index (χ4v) is 3.32. The second-order valence-electron chi connectivity index (χ2n) is 5.62. The largest absolute Gasteiger partial charge is 0.474 e. The molecule has 1 fully saturated rings. The summed E-state index contributed by atoms with van der Waals surface area (Å²) in [6.45, 7) is 0. The SMILES string of the molecule is O=C(/C=C/c1cccs1)NC1CCC(Oc2ccccn2)CC1. The summed E-state index contributed by atoms with van der Waals surface area (Å²) in [5.41, 5.74) is 0. The summed E-state index contributed by atoms with van der Waals surface area (Å²) in [6.07, 6.45) is 9.16. The smallest absolute Gasteiger partial charge is 0.244 e. The molecular weight excluding hydrogens is 308 g/mol. The Bertz CT molecular complexity index is 632. The van der Waals surface area contributed by atoms with Crippen LogP contribution < -0.4 is 10.1 Å². The Hall–Kier alpha value is -2.14. The van der Waals surface area contributed by atoms with Crippen molar-refractivity contribution in [2.45, 2.75) is 37.8 Å². The average Bonchev–Trinajstić information content (AvgIpc) is 3.09. The predicted molar refractivity (Wildman–Crippen MR) is 92.4 cm³/mol. The molecule has 1 aliphatic carbocycles. The van der Waals surface area contributed by atoms with Crippen molar-refractivity contribution in [2.24, 2.45) is 0 Å². The molecular formula is C18H20N2O2S. The lowest BCUT2D eigenvalue weighted by atomic mass is 9.93. The van der Waals surface area contributed by atoms with Gasteiger partial charge in [-0.05, 0) is 49.3 Å².